The van der Waals surface area contributed by atoms with Crippen molar-refractivity contribution in [3.63, 3.8) is 0 Å². The molecule has 0 spiro atoms. The van der Waals surface area contributed by atoms with Crippen molar-refractivity contribution in [2.75, 3.05) is 34.0 Å². The number of fused-ring (bicyclic) bond motifs is 5. The van der Waals surface area contributed by atoms with Gasteiger partial charge in [0, 0.05) is 131 Å². The van der Waals surface area contributed by atoms with Crippen molar-refractivity contribution in [2.45, 2.75) is 20.8 Å². The molecule has 0 saturated carbocycles. The summed E-state index contributed by atoms with van der Waals surface area (Å²) in [5.74, 6) is 0.809. The third kappa shape index (κ3) is 18.7. The fourth-order valence-corrected chi connectivity index (χ4v) is 14.7. The summed E-state index contributed by atoms with van der Waals surface area (Å²) in [6, 6.07) is 76.5. The highest BCUT2D eigenvalue weighted by Gasteiger charge is 2.19. The molecule has 0 atom stereocenters. The van der Waals surface area contributed by atoms with E-state index in [0.717, 1.165) is 161 Å². The molecule has 20 aromatic rings. The molecule has 10 aromatic carbocycles. The number of nitrogens with zero attached hydrogens (tertiary/aromatic N) is 15. The average Bonchev–Trinajstić information content (AvgIpc) is 0.810. The van der Waals surface area contributed by atoms with Crippen molar-refractivity contribution in [1.29, 1.82) is 0 Å². The highest BCUT2D eigenvalue weighted by Crippen LogP contribution is 2.40. The topological polar surface area (TPSA) is 353 Å². The van der Waals surface area contributed by atoms with Gasteiger partial charge in [0.15, 0.2) is 0 Å². The lowest BCUT2D eigenvalue weighted by atomic mass is 9.97. The van der Waals surface area contributed by atoms with Gasteiger partial charge in [-0.15, -0.1) is 0 Å². The second kappa shape index (κ2) is 37.0. The lowest BCUT2D eigenvalue weighted by Gasteiger charge is -2.11. The van der Waals surface area contributed by atoms with E-state index in [1.807, 2.05) is 201 Å². The number of nitrogens with one attached hydrogen (secondary N) is 1. The van der Waals surface area contributed by atoms with Crippen LogP contribution in [0.2, 0.25) is 5.02 Å². The summed E-state index contributed by atoms with van der Waals surface area (Å²) < 4.78 is 55.2. The number of hydrogen-bond donors (Lipinski definition) is 6. The van der Waals surface area contributed by atoms with Gasteiger partial charge in [-0.05, 0) is 211 Å². The number of halogens is 5. The SMILES string of the molecule is CC(=O)Nc1cccc(-c2ncccc2-c2ccc3ncnc(N)c3c2)c1.Cc1cc(F)cc(-c2ncccc2-c2ccc3ncnc(N)c3c2)c1.Cc1ccc(-c2ncccc2-c2ccc3ncnc(N)c3c2)cc1F.Nc1ncnc2ccc(-c3cccnc3-c3cc(F)cc(Cl)c3)cc12.Nc1ncnc2ccc(-c3cccnc3-c3cccc(F)c3)cc12. The Hall–Kier alpha value is -16.9. The lowest BCUT2D eigenvalue weighted by Crippen LogP contribution is -2.05. The number of amides is 1. The molecular formula is C99H72ClF4N21O. The zero-order chi connectivity index (χ0) is 87.5. The number of carbonyl (C=O) groups excluding carboxylic acids is 1. The number of hydrogen-bond acceptors (Lipinski definition) is 21. The molecule has 27 heteroatoms. The van der Waals surface area contributed by atoms with Gasteiger partial charge in [-0.3, -0.25) is 29.7 Å². The summed E-state index contributed by atoms with van der Waals surface area (Å²) in [5.41, 5.74) is 52.4. The predicted molar refractivity (Wildman–Crippen MR) is 492 cm³/mol. The van der Waals surface area contributed by atoms with Gasteiger partial charge >= 0.3 is 0 Å². The van der Waals surface area contributed by atoms with Crippen LogP contribution < -0.4 is 34.0 Å². The lowest BCUT2D eigenvalue weighted by molar-refractivity contribution is -0.114. The first kappa shape index (κ1) is 82.8. The number of pyridine rings is 5. The molecule has 126 heavy (non-hydrogen) atoms. The van der Waals surface area contributed by atoms with Crippen LogP contribution in [0.5, 0.6) is 0 Å². The second-order valence-corrected chi connectivity index (χ2v) is 29.3. The summed E-state index contributed by atoms with van der Waals surface area (Å²) in [6.07, 6.45) is 15.7. The normalized spacial score (nSPS) is 10.9. The zero-order valence-corrected chi connectivity index (χ0v) is 68.2. The van der Waals surface area contributed by atoms with E-state index in [2.05, 4.69) is 80.1 Å². The molecule has 0 radical (unpaired) electrons. The Morgan fingerprint density at radius 1 is 0.286 bits per heavy atom. The van der Waals surface area contributed by atoms with Crippen LogP contribution in [0.4, 0.5) is 52.3 Å². The average molecular weight is 1680 g/mol. The first-order valence-electron chi connectivity index (χ1n) is 39.1. The summed E-state index contributed by atoms with van der Waals surface area (Å²) >= 11 is 6.00. The maximum Gasteiger partial charge on any atom is 0.221 e. The quantitative estimate of drug-likeness (QED) is 0.0655. The van der Waals surface area contributed by atoms with E-state index < -0.39 is 5.82 Å². The molecule has 0 fully saturated rings. The molecule has 0 aliphatic heterocycles. The summed E-state index contributed by atoms with van der Waals surface area (Å²) in [4.78, 5) is 75.1. The Labute approximate surface area is 723 Å². The smallest absolute Gasteiger partial charge is 0.221 e. The molecule has 10 heterocycles. The van der Waals surface area contributed by atoms with Gasteiger partial charge in [-0.1, -0.05) is 109 Å². The van der Waals surface area contributed by atoms with Crippen LogP contribution in [0.1, 0.15) is 18.1 Å². The third-order valence-corrected chi connectivity index (χ3v) is 20.6. The fraction of sp³-hybridized carbons (Fsp3) is 0.0303. The Kier molecular flexibility index (Phi) is 24.3. The molecule has 614 valence electrons. The number of rotatable bonds is 11. The van der Waals surface area contributed by atoms with Crippen molar-refractivity contribution < 1.29 is 22.4 Å². The number of nitrogens with two attached hydrogens (primary N) is 5. The number of carbonyl (C=O) groups is 1. The second-order valence-electron chi connectivity index (χ2n) is 28.9. The van der Waals surface area contributed by atoms with Crippen molar-refractivity contribution in [1.82, 2.24) is 74.8 Å². The van der Waals surface area contributed by atoms with Crippen molar-refractivity contribution in [3.05, 3.63) is 357 Å². The fourth-order valence-electron chi connectivity index (χ4n) is 14.4. The van der Waals surface area contributed by atoms with Crippen LogP contribution >= 0.6 is 11.6 Å². The summed E-state index contributed by atoms with van der Waals surface area (Å²) in [7, 11) is 0. The van der Waals surface area contributed by atoms with Crippen LogP contribution in [0.15, 0.2) is 317 Å². The predicted octanol–water partition coefficient (Wildman–Crippen LogP) is 21.5. The van der Waals surface area contributed by atoms with Crippen LogP contribution in [0.3, 0.4) is 0 Å². The molecule has 0 bridgehead atoms. The first-order valence-corrected chi connectivity index (χ1v) is 39.5. The van der Waals surface area contributed by atoms with Crippen LogP contribution in [0.25, 0.3) is 166 Å². The van der Waals surface area contributed by atoms with Gasteiger partial charge in [0.1, 0.15) is 84.0 Å². The minimum atomic E-state index is -0.407. The first-order chi connectivity index (χ1) is 61.2. The van der Waals surface area contributed by atoms with Gasteiger partial charge < -0.3 is 34.0 Å². The molecule has 1 amide bonds. The molecule has 11 N–H and O–H groups in total. The van der Waals surface area contributed by atoms with Crippen LogP contribution in [0, 0.1) is 37.1 Å². The van der Waals surface area contributed by atoms with E-state index in [0.29, 0.717) is 56.6 Å². The summed E-state index contributed by atoms with van der Waals surface area (Å²) in [6.45, 7) is 5.09. The number of aromatic nitrogens is 15. The Morgan fingerprint density at radius 3 is 0.929 bits per heavy atom. The monoisotopic (exact) mass is 1680 g/mol. The van der Waals surface area contributed by atoms with Crippen LogP contribution in [-0.2, 0) is 4.79 Å². The van der Waals surface area contributed by atoms with Gasteiger partial charge in [0.05, 0.1) is 56.1 Å². The molecule has 10 aromatic heterocycles. The van der Waals surface area contributed by atoms with E-state index in [4.69, 9.17) is 40.3 Å². The Balaban J connectivity index is 0.000000116. The van der Waals surface area contributed by atoms with Gasteiger partial charge in [-0.25, -0.2) is 67.4 Å². The van der Waals surface area contributed by atoms with E-state index in [1.54, 1.807) is 56.1 Å². The number of aryl methyl sites for hydroxylation is 2. The molecule has 0 aliphatic rings. The Morgan fingerprint density at radius 2 is 0.595 bits per heavy atom. The molecule has 0 aliphatic carbocycles. The zero-order valence-electron chi connectivity index (χ0n) is 67.4. The number of nitrogen functional groups attached to an aromatic ring is 5. The van der Waals surface area contributed by atoms with E-state index in [9.17, 15) is 22.4 Å². The maximum absolute atomic E-state index is 14.0. The van der Waals surface area contributed by atoms with E-state index in [-0.39, 0.29) is 23.4 Å². The number of anilines is 6. The maximum atomic E-state index is 14.0. The van der Waals surface area contributed by atoms with Crippen molar-refractivity contribution in [2.24, 2.45) is 0 Å². The largest absolute Gasteiger partial charge is 0.383 e. The van der Waals surface area contributed by atoms with Gasteiger partial charge in [-0.2, -0.15) is 0 Å². The van der Waals surface area contributed by atoms with Gasteiger partial charge in [0.25, 0.3) is 0 Å². The van der Waals surface area contributed by atoms with Gasteiger partial charge in [0.2, 0.25) is 5.91 Å². The number of benzene rings is 10. The molecule has 20 rings (SSSR count). The standard InChI is InChI=1S/C21H17N5O.2C20H15FN4.C19H12ClFN4.C19H13FN4/c1-13(27)26-16-5-2-4-15(10-16)20-17(6-3-9-23-20)14-7-8-19-18(11-14)21(22)25-12-24-19;1-12-4-5-14(10-17(12)21)19-15(3-2-8-23-19)13-6-7-18-16(9-13)20(22)25-11-24-18;1-12-7-14(9-15(21)8-12)19-16(3-2-6-23-19)13-4-5-18-17(10-13)20(22)25-11-24-18;20-13-6-12(7-14(21)9-13)18-15(2-1-5-23-18)11-3-4-17-16(8-11)19(22)25-10-24-17;20-14-4-1-3-13(9-14)18-15(5-2-8-22-18)12-6-7-17-16(10-12)19(21)24-11-23-17/h2-12H,1H3,(H,26,27)(H2,22,24,25);2*2-11H,1H3,(H2,22,24,25);1-10H,(H2,22,24,25);1-11H,(H2,21,23,24). The highest BCUT2D eigenvalue weighted by molar-refractivity contribution is 6.31. The molecular weight excluding hydrogens is 1610 g/mol. The van der Waals surface area contributed by atoms with E-state index >= 15 is 0 Å². The van der Waals surface area contributed by atoms with E-state index in [1.165, 1.54) is 81.0 Å². The molecule has 0 saturated heterocycles. The van der Waals surface area contributed by atoms with Crippen molar-refractivity contribution >= 4 is 107 Å². The highest BCUT2D eigenvalue weighted by atomic mass is 35.5. The molecule has 0 unspecified atom stereocenters. The minimum absolute atomic E-state index is 0.113. The molecule has 22 nitrogen and oxygen atoms in total. The Bertz CT molecular complexity index is 7320. The minimum Gasteiger partial charge on any atom is -0.383 e. The third-order valence-electron chi connectivity index (χ3n) is 20.4. The van der Waals surface area contributed by atoms with Crippen LogP contribution in [-0.4, -0.2) is 80.7 Å². The summed E-state index contributed by atoms with van der Waals surface area (Å²) in [5, 5.41) is 7.03. The van der Waals surface area contributed by atoms with Crippen molar-refractivity contribution in [3.8, 4) is 112 Å².